The van der Waals surface area contributed by atoms with Crippen LogP contribution in [0.4, 0.5) is 0 Å². The lowest BCUT2D eigenvalue weighted by Crippen LogP contribution is -2.41. The van der Waals surface area contributed by atoms with E-state index in [1.54, 1.807) is 0 Å². The fourth-order valence-electron chi connectivity index (χ4n) is 1.47. The second-order valence-corrected chi connectivity index (χ2v) is 6.51. The van der Waals surface area contributed by atoms with Gasteiger partial charge in [0.25, 0.3) is 10.0 Å². The number of ketones is 1. The van der Waals surface area contributed by atoms with Crippen molar-refractivity contribution in [2.75, 3.05) is 0 Å². The molecule has 6 nitrogen and oxygen atoms in total. The molecule has 0 saturated heterocycles. The van der Waals surface area contributed by atoms with Crippen LogP contribution in [0.5, 0.6) is 0 Å². The first kappa shape index (κ1) is 16.3. The zero-order valence-electron chi connectivity index (χ0n) is 11.6. The fraction of sp³-hybridized carbons (Fsp3) is 0.385. The number of Topliss-reactive ketones (excluding diaryl/α,β-unsaturated/α-hetero) is 1. The summed E-state index contributed by atoms with van der Waals surface area (Å²) in [7, 11) is -3.83. The van der Waals surface area contributed by atoms with Crippen LogP contribution >= 0.6 is 0 Å². The highest BCUT2D eigenvalue weighted by Gasteiger charge is 2.15. The first-order valence-electron chi connectivity index (χ1n) is 6.14. The van der Waals surface area contributed by atoms with Crippen molar-refractivity contribution in [2.45, 2.75) is 32.1 Å². The van der Waals surface area contributed by atoms with E-state index in [1.807, 2.05) is 18.7 Å². The molecule has 0 aliphatic heterocycles. The number of hydrogen-bond acceptors (Lipinski definition) is 4. The Morgan fingerprint density at radius 2 is 1.70 bits per heavy atom. The number of amides is 1. The van der Waals surface area contributed by atoms with Gasteiger partial charge in [0.2, 0.25) is 5.91 Å². The molecule has 1 aromatic carbocycles. The van der Waals surface area contributed by atoms with Crippen molar-refractivity contribution in [2.24, 2.45) is 5.92 Å². The van der Waals surface area contributed by atoms with Crippen LogP contribution < -0.4 is 10.3 Å². The Bertz CT molecular complexity index is 591. The molecule has 0 aromatic heterocycles. The lowest BCUT2D eigenvalue weighted by molar-refractivity contribution is -0.122. The van der Waals surface area contributed by atoms with Gasteiger partial charge in [-0.1, -0.05) is 26.0 Å². The highest BCUT2D eigenvalue weighted by molar-refractivity contribution is 7.89. The molecule has 0 spiro atoms. The van der Waals surface area contributed by atoms with Crippen LogP contribution in [-0.4, -0.2) is 20.1 Å². The van der Waals surface area contributed by atoms with Gasteiger partial charge in [-0.25, -0.2) is 8.42 Å². The fourth-order valence-corrected chi connectivity index (χ4v) is 2.33. The molecule has 2 N–H and O–H groups in total. The lowest BCUT2D eigenvalue weighted by Gasteiger charge is -2.09. The number of carbonyl (C=O) groups excluding carboxylic acids is 2. The molecule has 1 rings (SSSR count). The molecule has 0 heterocycles. The summed E-state index contributed by atoms with van der Waals surface area (Å²) in [4.78, 5) is 24.5. The van der Waals surface area contributed by atoms with Gasteiger partial charge in [-0.05, 0) is 25.0 Å². The first-order valence-corrected chi connectivity index (χ1v) is 7.62. The molecule has 0 radical (unpaired) electrons. The Morgan fingerprint density at radius 1 is 1.15 bits per heavy atom. The maximum Gasteiger partial charge on any atom is 0.257 e. The van der Waals surface area contributed by atoms with E-state index in [0.29, 0.717) is 5.56 Å². The number of benzene rings is 1. The lowest BCUT2D eigenvalue weighted by atomic mass is 10.1. The largest absolute Gasteiger partial charge is 0.295 e. The van der Waals surface area contributed by atoms with Crippen molar-refractivity contribution in [3.63, 3.8) is 0 Å². The van der Waals surface area contributed by atoms with Gasteiger partial charge in [-0.3, -0.25) is 15.0 Å². The molecule has 0 saturated carbocycles. The van der Waals surface area contributed by atoms with Gasteiger partial charge in [0.1, 0.15) is 0 Å². The van der Waals surface area contributed by atoms with Crippen LogP contribution in [0, 0.1) is 5.92 Å². The normalized spacial score (nSPS) is 11.4. The molecule has 1 aromatic rings. The molecule has 0 aliphatic carbocycles. The second kappa shape index (κ2) is 6.62. The summed E-state index contributed by atoms with van der Waals surface area (Å²) in [6.07, 6.45) is 0.228. The summed E-state index contributed by atoms with van der Waals surface area (Å²) in [6, 6.07) is 5.47. The molecule has 20 heavy (non-hydrogen) atoms. The average molecular weight is 298 g/mol. The monoisotopic (exact) mass is 298 g/mol. The number of rotatable bonds is 6. The summed E-state index contributed by atoms with van der Waals surface area (Å²) < 4.78 is 23.8. The number of hydrazine groups is 1. The van der Waals surface area contributed by atoms with Crippen molar-refractivity contribution in [3.05, 3.63) is 29.8 Å². The number of hydrogen-bond donors (Lipinski definition) is 2. The summed E-state index contributed by atoms with van der Waals surface area (Å²) in [5, 5.41) is 0. The minimum absolute atomic E-state index is 0.0210. The zero-order chi connectivity index (χ0) is 15.3. The highest BCUT2D eigenvalue weighted by Crippen LogP contribution is 2.10. The molecule has 0 aliphatic rings. The maximum atomic E-state index is 11.9. The molecule has 0 bridgehead atoms. The van der Waals surface area contributed by atoms with Gasteiger partial charge in [0, 0.05) is 12.0 Å². The molecule has 0 unspecified atom stereocenters. The Labute approximate surface area is 118 Å². The topological polar surface area (TPSA) is 92.3 Å². The van der Waals surface area contributed by atoms with Crippen molar-refractivity contribution in [1.29, 1.82) is 0 Å². The third-order valence-electron chi connectivity index (χ3n) is 2.49. The number of nitrogens with one attached hydrogen (secondary N) is 2. The molecule has 1 amide bonds. The van der Waals surface area contributed by atoms with E-state index in [4.69, 9.17) is 0 Å². The predicted molar refractivity (Wildman–Crippen MR) is 74.4 cm³/mol. The van der Waals surface area contributed by atoms with E-state index < -0.39 is 15.9 Å². The van der Waals surface area contributed by atoms with E-state index in [1.165, 1.54) is 31.2 Å². The Morgan fingerprint density at radius 3 is 2.15 bits per heavy atom. The van der Waals surface area contributed by atoms with E-state index >= 15 is 0 Å². The van der Waals surface area contributed by atoms with Gasteiger partial charge in [-0.2, -0.15) is 0 Å². The third-order valence-corrected chi connectivity index (χ3v) is 3.75. The van der Waals surface area contributed by atoms with Crippen LogP contribution in [0.2, 0.25) is 0 Å². The van der Waals surface area contributed by atoms with E-state index in [2.05, 4.69) is 5.43 Å². The zero-order valence-corrected chi connectivity index (χ0v) is 12.5. The van der Waals surface area contributed by atoms with Crippen molar-refractivity contribution < 1.29 is 18.0 Å². The molecule has 0 fully saturated rings. The third kappa shape index (κ3) is 4.75. The summed E-state index contributed by atoms with van der Waals surface area (Å²) in [5.41, 5.74) is 2.57. The predicted octanol–water partition coefficient (Wildman–Crippen LogP) is 1.24. The second-order valence-electron chi connectivity index (χ2n) is 4.83. The van der Waals surface area contributed by atoms with Crippen molar-refractivity contribution in [3.8, 4) is 0 Å². The van der Waals surface area contributed by atoms with E-state index in [-0.39, 0.29) is 23.0 Å². The standard InChI is InChI=1S/C13H18N2O4S/c1-9(2)8-13(17)14-15-20(18,19)12-6-4-11(5-7-12)10(3)16/h4-7,9,15H,8H2,1-3H3,(H,14,17). The maximum absolute atomic E-state index is 11.9. The Hall–Kier alpha value is -1.73. The van der Waals surface area contributed by atoms with Crippen LogP contribution in [0.3, 0.4) is 0 Å². The quantitative estimate of drug-likeness (QED) is 0.610. The minimum Gasteiger partial charge on any atom is -0.295 e. The molecule has 7 heteroatoms. The first-order chi connectivity index (χ1) is 9.22. The number of sulfonamides is 1. The summed E-state index contributed by atoms with van der Waals surface area (Å²) in [5.74, 6) is -0.412. The Kier molecular flexibility index (Phi) is 5.41. The summed E-state index contributed by atoms with van der Waals surface area (Å²) >= 11 is 0. The molecule has 110 valence electrons. The van der Waals surface area contributed by atoms with Crippen molar-refractivity contribution in [1.82, 2.24) is 10.3 Å². The minimum atomic E-state index is -3.83. The number of carbonyl (C=O) groups is 2. The average Bonchev–Trinajstić information content (AvgIpc) is 2.36. The van der Waals surface area contributed by atoms with Gasteiger partial charge in [0.15, 0.2) is 5.78 Å². The Balaban J connectivity index is 2.74. The smallest absolute Gasteiger partial charge is 0.257 e. The molecular weight excluding hydrogens is 280 g/mol. The van der Waals surface area contributed by atoms with E-state index in [0.717, 1.165) is 0 Å². The SMILES string of the molecule is CC(=O)c1ccc(S(=O)(=O)NNC(=O)CC(C)C)cc1. The van der Waals surface area contributed by atoms with Crippen LogP contribution in [0.15, 0.2) is 29.2 Å². The van der Waals surface area contributed by atoms with Crippen molar-refractivity contribution >= 4 is 21.7 Å². The summed E-state index contributed by atoms with van der Waals surface area (Å²) in [6.45, 7) is 5.11. The molecular formula is C13H18N2O4S. The van der Waals surface area contributed by atoms with Gasteiger partial charge in [0.05, 0.1) is 4.90 Å². The van der Waals surface area contributed by atoms with Crippen LogP contribution in [0.25, 0.3) is 0 Å². The highest BCUT2D eigenvalue weighted by atomic mass is 32.2. The van der Waals surface area contributed by atoms with Crippen LogP contribution in [0.1, 0.15) is 37.6 Å². The van der Waals surface area contributed by atoms with Crippen LogP contribution in [-0.2, 0) is 14.8 Å². The molecule has 0 atom stereocenters. The van der Waals surface area contributed by atoms with Gasteiger partial charge >= 0.3 is 0 Å². The van der Waals surface area contributed by atoms with E-state index in [9.17, 15) is 18.0 Å². The van der Waals surface area contributed by atoms with Gasteiger partial charge < -0.3 is 0 Å². The van der Waals surface area contributed by atoms with Gasteiger partial charge in [-0.15, -0.1) is 4.83 Å².